The van der Waals surface area contributed by atoms with Crippen molar-refractivity contribution in [3.8, 4) is 0 Å². The Hall–Kier alpha value is -3.14. The van der Waals surface area contributed by atoms with Crippen LogP contribution in [0.1, 0.15) is 34.7 Å². The van der Waals surface area contributed by atoms with Crippen molar-refractivity contribution in [3.63, 3.8) is 0 Å². The third kappa shape index (κ3) is 3.83. The minimum atomic E-state index is -0.374. The summed E-state index contributed by atoms with van der Waals surface area (Å²) in [6.45, 7) is 14.4. The third-order valence-electron chi connectivity index (χ3n) is 6.91. The van der Waals surface area contributed by atoms with Crippen LogP contribution in [-0.2, 0) is 16.0 Å². The first-order valence-corrected chi connectivity index (χ1v) is 10.7. The van der Waals surface area contributed by atoms with E-state index in [1.54, 1.807) is 26.1 Å². The Kier molecular flexibility index (Phi) is 6.21. The number of benzene rings is 1. The highest BCUT2D eigenvalue weighted by atomic mass is 16.2. The third-order valence-corrected chi connectivity index (χ3v) is 6.91. The summed E-state index contributed by atoms with van der Waals surface area (Å²) in [4.78, 5) is 28.5. The number of nitrogens with zero attached hydrogens (tertiary/aromatic N) is 2. The highest BCUT2D eigenvalue weighted by Gasteiger charge is 2.35. The van der Waals surface area contributed by atoms with E-state index in [0.29, 0.717) is 5.70 Å². The highest BCUT2D eigenvalue weighted by Crippen LogP contribution is 2.41. The predicted octanol–water partition coefficient (Wildman–Crippen LogP) is 5.03. The maximum atomic E-state index is 12.4. The van der Waals surface area contributed by atoms with Gasteiger partial charge >= 0.3 is 0 Å². The zero-order valence-corrected chi connectivity index (χ0v) is 19.7. The van der Waals surface area contributed by atoms with Gasteiger partial charge in [-0.2, -0.15) is 0 Å². The van der Waals surface area contributed by atoms with Gasteiger partial charge in [0.15, 0.2) is 5.78 Å². The Morgan fingerprint density at radius 1 is 0.839 bits per heavy atom. The molecule has 1 saturated heterocycles. The van der Waals surface area contributed by atoms with Crippen molar-refractivity contribution in [1.29, 1.82) is 0 Å². The molecule has 3 rings (SSSR count). The van der Waals surface area contributed by atoms with Crippen LogP contribution in [0.25, 0.3) is 0 Å². The van der Waals surface area contributed by atoms with Crippen LogP contribution in [0.15, 0.2) is 60.0 Å². The number of piperidine rings is 1. The summed E-state index contributed by atoms with van der Waals surface area (Å²) in [5.74, 6) is -0.850. The maximum absolute atomic E-state index is 12.4. The Morgan fingerprint density at radius 3 is 2.06 bits per heavy atom. The Bertz CT molecular complexity index is 1070. The van der Waals surface area contributed by atoms with E-state index >= 15 is 0 Å². The van der Waals surface area contributed by atoms with Gasteiger partial charge in [0, 0.05) is 37.6 Å². The van der Waals surface area contributed by atoms with Gasteiger partial charge in [-0.05, 0) is 74.6 Å². The highest BCUT2D eigenvalue weighted by molar-refractivity contribution is 6.23. The second-order valence-electron chi connectivity index (χ2n) is 8.51. The van der Waals surface area contributed by atoms with Crippen molar-refractivity contribution in [3.05, 3.63) is 87.8 Å². The smallest absolute Gasteiger partial charge is 0.261 e. The molecule has 162 valence electrons. The number of rotatable bonds is 3. The second-order valence-corrected chi connectivity index (χ2v) is 8.51. The van der Waals surface area contributed by atoms with E-state index in [2.05, 4.69) is 52.3 Å². The molecule has 2 heterocycles. The number of Topliss-reactive ketones (excluding diaryl/α,β-unsaturated/α-hetero) is 1. The first-order chi connectivity index (χ1) is 14.6. The maximum Gasteiger partial charge on any atom is 0.261 e. The fourth-order valence-corrected chi connectivity index (χ4v) is 4.35. The van der Waals surface area contributed by atoms with Crippen LogP contribution in [0.3, 0.4) is 0 Å². The molecule has 0 radical (unpaired) electrons. The number of hydrogen-bond donors (Lipinski definition) is 0. The summed E-state index contributed by atoms with van der Waals surface area (Å²) in [5, 5.41) is 0. The molecular weight excluding hydrogens is 384 g/mol. The first-order valence-electron chi connectivity index (χ1n) is 10.7. The fourth-order valence-electron chi connectivity index (χ4n) is 4.35. The average molecular weight is 417 g/mol. The minimum absolute atomic E-state index is 0.175. The Balaban J connectivity index is 1.75. The van der Waals surface area contributed by atoms with Gasteiger partial charge in [0.25, 0.3) is 5.91 Å². The summed E-state index contributed by atoms with van der Waals surface area (Å²) in [5.41, 5.74) is 10.2. The molecule has 0 spiro atoms. The molecule has 1 unspecified atom stereocenters. The summed E-state index contributed by atoms with van der Waals surface area (Å²) in [7, 11) is 3.78. The number of likely N-dealkylation sites (N-methyl/N-ethyl adjacent to an activating group) is 2. The summed E-state index contributed by atoms with van der Waals surface area (Å²) >= 11 is 0. The number of ketones is 1. The normalized spacial score (nSPS) is 22.2. The van der Waals surface area contributed by atoms with Crippen molar-refractivity contribution in [2.24, 2.45) is 5.92 Å². The number of anilines is 1. The van der Waals surface area contributed by atoms with Gasteiger partial charge in [0.2, 0.25) is 0 Å². The molecule has 1 atom stereocenters. The number of hydrogen-bond acceptors (Lipinski definition) is 3. The van der Waals surface area contributed by atoms with Crippen LogP contribution in [0, 0.1) is 33.6 Å². The van der Waals surface area contributed by atoms with Gasteiger partial charge in [-0.1, -0.05) is 30.9 Å². The van der Waals surface area contributed by atoms with Gasteiger partial charge < -0.3 is 9.80 Å². The van der Waals surface area contributed by atoms with E-state index in [-0.39, 0.29) is 23.2 Å². The summed E-state index contributed by atoms with van der Waals surface area (Å²) < 4.78 is 0. The molecule has 31 heavy (non-hydrogen) atoms. The largest absolute Gasteiger partial charge is 0.347 e. The van der Waals surface area contributed by atoms with E-state index in [1.807, 2.05) is 18.2 Å². The SMILES string of the molecule is C=C1C(C)C(=O)\C(=C/C=C/C=C/C=C2\Cc3c(C)c(C)c(C)c(C)c3N2C)C(=O)N1C. The van der Waals surface area contributed by atoms with Gasteiger partial charge in [-0.25, -0.2) is 0 Å². The standard InChI is InChI=1S/C27H32N2O2/c1-16-17(2)19(4)25-24(18(16)3)15-22(29(25)8)13-11-9-10-12-14-23-26(30)20(5)21(6)28(7)27(23)31/h9-14,20H,6,15H2,1-5,7-8H3/b11-9+,12-10+,22-13+,23-14+. The van der Waals surface area contributed by atoms with Crippen LogP contribution in [0.5, 0.6) is 0 Å². The lowest BCUT2D eigenvalue weighted by Gasteiger charge is -2.30. The van der Waals surface area contributed by atoms with E-state index < -0.39 is 0 Å². The van der Waals surface area contributed by atoms with Crippen molar-refractivity contribution >= 4 is 17.4 Å². The molecule has 2 aliphatic heterocycles. The Morgan fingerprint density at radius 2 is 1.42 bits per heavy atom. The lowest BCUT2D eigenvalue weighted by Crippen LogP contribution is -2.41. The number of amides is 1. The number of carbonyl (C=O) groups is 2. The number of likely N-dealkylation sites (tertiary alicyclic amines) is 1. The average Bonchev–Trinajstić information content (AvgIpc) is 3.08. The summed E-state index contributed by atoms with van der Waals surface area (Å²) in [6, 6.07) is 0. The molecule has 0 aliphatic carbocycles. The van der Waals surface area contributed by atoms with Crippen LogP contribution in [0.4, 0.5) is 5.69 Å². The lowest BCUT2D eigenvalue weighted by atomic mass is 9.90. The van der Waals surface area contributed by atoms with Crippen LogP contribution >= 0.6 is 0 Å². The molecule has 1 aromatic rings. The quantitative estimate of drug-likeness (QED) is 0.394. The van der Waals surface area contributed by atoms with Crippen LogP contribution in [0.2, 0.25) is 0 Å². The van der Waals surface area contributed by atoms with E-state index in [0.717, 1.165) is 6.42 Å². The van der Waals surface area contributed by atoms with Crippen LogP contribution in [-0.4, -0.2) is 30.7 Å². The monoisotopic (exact) mass is 416 g/mol. The molecule has 4 nitrogen and oxygen atoms in total. The van der Waals surface area contributed by atoms with Crippen molar-refractivity contribution in [2.75, 3.05) is 19.0 Å². The molecular formula is C27H32N2O2. The molecule has 0 saturated carbocycles. The van der Waals surface area contributed by atoms with Crippen molar-refractivity contribution < 1.29 is 9.59 Å². The van der Waals surface area contributed by atoms with E-state index in [9.17, 15) is 9.59 Å². The zero-order chi connectivity index (χ0) is 23.0. The second kappa shape index (κ2) is 8.54. The van der Waals surface area contributed by atoms with Gasteiger partial charge in [0.05, 0.1) is 11.5 Å². The predicted molar refractivity (Wildman–Crippen MR) is 128 cm³/mol. The van der Waals surface area contributed by atoms with Gasteiger partial charge in [0.1, 0.15) is 0 Å². The zero-order valence-electron chi connectivity index (χ0n) is 19.7. The molecule has 4 heteroatoms. The number of fused-ring (bicyclic) bond motifs is 1. The number of allylic oxidation sites excluding steroid dienone is 8. The molecule has 2 aliphatic rings. The van der Waals surface area contributed by atoms with Crippen molar-refractivity contribution in [2.45, 2.75) is 41.0 Å². The topological polar surface area (TPSA) is 40.6 Å². The van der Waals surface area contributed by atoms with Crippen molar-refractivity contribution in [1.82, 2.24) is 4.90 Å². The van der Waals surface area contributed by atoms with E-state index in [4.69, 9.17) is 0 Å². The fraction of sp³-hybridized carbons (Fsp3) is 0.333. The molecule has 1 fully saturated rings. The first kappa shape index (κ1) is 22.5. The van der Waals surface area contributed by atoms with Crippen LogP contribution < -0.4 is 4.90 Å². The minimum Gasteiger partial charge on any atom is -0.347 e. The molecule has 0 N–H and O–H groups in total. The van der Waals surface area contributed by atoms with Gasteiger partial charge in [-0.3, -0.25) is 9.59 Å². The summed E-state index contributed by atoms with van der Waals surface area (Å²) in [6.07, 6.45) is 12.1. The molecule has 0 aromatic heterocycles. The lowest BCUT2D eigenvalue weighted by molar-refractivity contribution is -0.131. The van der Waals surface area contributed by atoms with E-state index in [1.165, 1.54) is 44.1 Å². The number of carbonyl (C=O) groups excluding carboxylic acids is 2. The Labute approximate surface area is 185 Å². The van der Waals surface area contributed by atoms with Gasteiger partial charge in [-0.15, -0.1) is 0 Å². The molecule has 0 bridgehead atoms. The molecule has 1 aromatic carbocycles. The molecule has 1 amide bonds.